The Morgan fingerprint density at radius 2 is 2.18 bits per heavy atom. The number of nitrogens with zero attached hydrogens (tertiary/aromatic N) is 1. The highest BCUT2D eigenvalue weighted by atomic mass is 19.2. The third kappa shape index (κ3) is 4.37. The molecule has 1 aromatic carbocycles. The second-order valence-corrected chi connectivity index (χ2v) is 3.52. The topological polar surface area (TPSA) is 45.0 Å². The lowest BCUT2D eigenvalue weighted by Crippen LogP contribution is -2.33. The van der Waals surface area contributed by atoms with Crippen LogP contribution in [-0.4, -0.2) is 19.2 Å². The number of benzene rings is 1. The molecule has 0 heterocycles. The molecule has 92 valence electrons. The van der Waals surface area contributed by atoms with E-state index in [1.54, 1.807) is 0 Å². The number of nitriles is 1. The molecule has 0 aliphatic rings. The highest BCUT2D eigenvalue weighted by Crippen LogP contribution is 2.15. The molecule has 5 heteroatoms. The van der Waals surface area contributed by atoms with Crippen molar-refractivity contribution in [3.05, 3.63) is 29.8 Å². The van der Waals surface area contributed by atoms with E-state index in [0.29, 0.717) is 6.54 Å². The summed E-state index contributed by atoms with van der Waals surface area (Å²) in [5.41, 5.74) is 0. The Balaban J connectivity index is 2.48. The molecule has 1 N–H and O–H groups in total. The van der Waals surface area contributed by atoms with Crippen LogP contribution in [0, 0.1) is 23.0 Å². The molecule has 1 unspecified atom stereocenters. The minimum Gasteiger partial charge on any atom is -0.491 e. The van der Waals surface area contributed by atoms with Crippen LogP contribution in [0.2, 0.25) is 0 Å². The Morgan fingerprint density at radius 1 is 1.41 bits per heavy atom. The number of nitrogens with one attached hydrogen (secondary N) is 1. The van der Waals surface area contributed by atoms with Crippen LogP contribution in [0.5, 0.6) is 5.75 Å². The van der Waals surface area contributed by atoms with Crippen molar-refractivity contribution in [1.82, 2.24) is 5.32 Å². The molecule has 0 aliphatic heterocycles. The molecule has 0 fully saturated rings. The zero-order chi connectivity index (χ0) is 12.7. The number of hydrogen-bond donors (Lipinski definition) is 1. The predicted molar refractivity (Wildman–Crippen MR) is 59.5 cm³/mol. The van der Waals surface area contributed by atoms with Crippen LogP contribution in [-0.2, 0) is 0 Å². The fraction of sp³-hybridized carbons (Fsp3) is 0.417. The fourth-order valence-electron chi connectivity index (χ4n) is 1.21. The van der Waals surface area contributed by atoms with E-state index >= 15 is 0 Å². The summed E-state index contributed by atoms with van der Waals surface area (Å²) in [6, 6.07) is 4.85. The van der Waals surface area contributed by atoms with Crippen molar-refractivity contribution in [3.8, 4) is 11.8 Å². The van der Waals surface area contributed by atoms with E-state index in [4.69, 9.17) is 10.00 Å². The summed E-state index contributed by atoms with van der Waals surface area (Å²) in [6.07, 6.45) is 0.906. The Kier molecular flexibility index (Phi) is 5.37. The molecule has 0 saturated heterocycles. The third-order valence-electron chi connectivity index (χ3n) is 2.10. The zero-order valence-electron chi connectivity index (χ0n) is 9.54. The lowest BCUT2D eigenvalue weighted by molar-refractivity contribution is 0.287. The largest absolute Gasteiger partial charge is 0.491 e. The van der Waals surface area contributed by atoms with Crippen LogP contribution in [0.1, 0.15) is 13.3 Å². The maximum absolute atomic E-state index is 12.9. The van der Waals surface area contributed by atoms with Crippen molar-refractivity contribution in [1.29, 1.82) is 5.26 Å². The van der Waals surface area contributed by atoms with Crippen molar-refractivity contribution >= 4 is 0 Å². The standard InChI is InChI=1S/C12H14F2N2O/c1-2-5-16-9(7-15)8-17-10-3-4-11(13)12(14)6-10/h3-4,6,9,16H,2,5,8H2,1H3. The van der Waals surface area contributed by atoms with Gasteiger partial charge in [0, 0.05) is 6.07 Å². The monoisotopic (exact) mass is 240 g/mol. The molecule has 0 aliphatic carbocycles. The second kappa shape index (κ2) is 6.81. The molecule has 0 aromatic heterocycles. The molecule has 1 aromatic rings. The molecule has 17 heavy (non-hydrogen) atoms. The molecule has 1 rings (SSSR count). The minimum atomic E-state index is -0.961. The van der Waals surface area contributed by atoms with Gasteiger partial charge in [0.15, 0.2) is 11.6 Å². The summed E-state index contributed by atoms with van der Waals surface area (Å²) in [4.78, 5) is 0. The average molecular weight is 240 g/mol. The van der Waals surface area contributed by atoms with Gasteiger partial charge in [-0.1, -0.05) is 6.92 Å². The molecule has 0 radical (unpaired) electrons. The smallest absolute Gasteiger partial charge is 0.162 e. The van der Waals surface area contributed by atoms with Crippen LogP contribution in [0.3, 0.4) is 0 Å². The van der Waals surface area contributed by atoms with Gasteiger partial charge in [0.1, 0.15) is 18.4 Å². The first-order valence-electron chi connectivity index (χ1n) is 5.38. The van der Waals surface area contributed by atoms with Gasteiger partial charge in [0.05, 0.1) is 6.07 Å². The molecule has 0 saturated carbocycles. The second-order valence-electron chi connectivity index (χ2n) is 3.52. The van der Waals surface area contributed by atoms with Gasteiger partial charge in [-0.15, -0.1) is 0 Å². The zero-order valence-corrected chi connectivity index (χ0v) is 9.54. The van der Waals surface area contributed by atoms with Crippen molar-refractivity contribution in [2.24, 2.45) is 0 Å². The van der Waals surface area contributed by atoms with Crippen LogP contribution >= 0.6 is 0 Å². The summed E-state index contributed by atoms with van der Waals surface area (Å²) in [5, 5.41) is 11.8. The van der Waals surface area contributed by atoms with Crippen molar-refractivity contribution in [3.63, 3.8) is 0 Å². The lowest BCUT2D eigenvalue weighted by atomic mass is 10.3. The Bertz CT molecular complexity index is 404. The quantitative estimate of drug-likeness (QED) is 0.829. The van der Waals surface area contributed by atoms with E-state index in [9.17, 15) is 8.78 Å². The lowest BCUT2D eigenvalue weighted by Gasteiger charge is -2.12. The van der Waals surface area contributed by atoms with Crippen molar-refractivity contribution in [2.75, 3.05) is 13.2 Å². The van der Waals surface area contributed by atoms with Crippen molar-refractivity contribution in [2.45, 2.75) is 19.4 Å². The summed E-state index contributed by atoms with van der Waals surface area (Å²) < 4.78 is 30.7. The third-order valence-corrected chi connectivity index (χ3v) is 2.10. The highest BCUT2D eigenvalue weighted by Gasteiger charge is 2.08. The minimum absolute atomic E-state index is 0.0988. The summed E-state index contributed by atoms with van der Waals surface area (Å²) in [7, 11) is 0. The van der Waals surface area contributed by atoms with Crippen LogP contribution in [0.25, 0.3) is 0 Å². The van der Waals surface area contributed by atoms with E-state index in [1.165, 1.54) is 6.07 Å². The maximum atomic E-state index is 12.9. The normalized spacial score (nSPS) is 11.9. The van der Waals surface area contributed by atoms with Crippen molar-refractivity contribution < 1.29 is 13.5 Å². The first-order chi connectivity index (χ1) is 8.17. The van der Waals surface area contributed by atoms with Crippen LogP contribution < -0.4 is 10.1 Å². The molecule has 1 atom stereocenters. The van der Waals surface area contributed by atoms with Gasteiger partial charge in [-0.25, -0.2) is 8.78 Å². The molecule has 0 amide bonds. The first kappa shape index (κ1) is 13.4. The van der Waals surface area contributed by atoms with Gasteiger partial charge >= 0.3 is 0 Å². The van der Waals surface area contributed by atoms with E-state index in [-0.39, 0.29) is 12.4 Å². The Labute approximate surface area is 99.0 Å². The summed E-state index contributed by atoms with van der Waals surface area (Å²) in [5.74, 6) is -1.67. The highest BCUT2D eigenvalue weighted by molar-refractivity contribution is 5.23. The number of rotatable bonds is 6. The summed E-state index contributed by atoms with van der Waals surface area (Å²) in [6.45, 7) is 2.79. The maximum Gasteiger partial charge on any atom is 0.162 e. The van der Waals surface area contributed by atoms with Crippen LogP contribution in [0.15, 0.2) is 18.2 Å². The van der Waals surface area contributed by atoms with E-state index in [1.807, 2.05) is 13.0 Å². The number of hydrogen-bond acceptors (Lipinski definition) is 3. The Hall–Kier alpha value is -1.67. The van der Waals surface area contributed by atoms with Gasteiger partial charge in [-0.2, -0.15) is 5.26 Å². The fourth-order valence-corrected chi connectivity index (χ4v) is 1.21. The molecular formula is C12H14F2N2O. The van der Waals surface area contributed by atoms with E-state index in [2.05, 4.69) is 5.32 Å². The van der Waals surface area contributed by atoms with Gasteiger partial charge in [-0.3, -0.25) is 5.32 Å². The molecular weight excluding hydrogens is 226 g/mol. The summed E-state index contributed by atoms with van der Waals surface area (Å²) >= 11 is 0. The van der Waals surface area contributed by atoms with Crippen LogP contribution in [0.4, 0.5) is 8.78 Å². The predicted octanol–water partition coefficient (Wildman–Crippen LogP) is 2.24. The molecule has 0 spiro atoms. The van der Waals surface area contributed by atoms with Gasteiger partial charge < -0.3 is 4.74 Å². The van der Waals surface area contributed by atoms with E-state index < -0.39 is 17.7 Å². The average Bonchev–Trinajstić information content (AvgIpc) is 2.34. The Morgan fingerprint density at radius 3 is 2.76 bits per heavy atom. The van der Waals surface area contributed by atoms with Gasteiger partial charge in [-0.05, 0) is 25.1 Å². The van der Waals surface area contributed by atoms with Gasteiger partial charge in [0.2, 0.25) is 0 Å². The molecule has 3 nitrogen and oxygen atoms in total. The first-order valence-corrected chi connectivity index (χ1v) is 5.38. The van der Waals surface area contributed by atoms with E-state index in [0.717, 1.165) is 18.6 Å². The number of halogens is 2. The van der Waals surface area contributed by atoms with Gasteiger partial charge in [0.25, 0.3) is 0 Å². The molecule has 0 bridgehead atoms. The number of ether oxygens (including phenoxy) is 1. The SMILES string of the molecule is CCCNC(C#N)COc1ccc(F)c(F)c1.